The minimum atomic E-state index is -1.12. The Morgan fingerprint density at radius 3 is 1.81 bits per heavy atom. The predicted octanol–water partition coefficient (Wildman–Crippen LogP) is 5.77. The van der Waals surface area contributed by atoms with Crippen LogP contribution in [-0.2, 0) is 38.6 Å². The summed E-state index contributed by atoms with van der Waals surface area (Å²) in [5.41, 5.74) is 2.40. The summed E-state index contributed by atoms with van der Waals surface area (Å²) < 4.78 is 15.6. The van der Waals surface area contributed by atoms with Crippen LogP contribution in [0.5, 0.6) is 0 Å². The summed E-state index contributed by atoms with van der Waals surface area (Å²) in [6.07, 6.45) is -1.66. The maximum atomic E-state index is 13.3. The van der Waals surface area contributed by atoms with Crippen LogP contribution in [0.4, 0.5) is 9.59 Å². The fourth-order valence-corrected chi connectivity index (χ4v) is 3.46. The first-order valence-electron chi connectivity index (χ1n) is 11.9. The van der Waals surface area contributed by atoms with Gasteiger partial charge in [-0.1, -0.05) is 105 Å². The van der Waals surface area contributed by atoms with Gasteiger partial charge in [-0.2, -0.15) is 0 Å². The average molecular weight is 490 g/mol. The lowest BCUT2D eigenvalue weighted by molar-refractivity contribution is -0.146. The number of esters is 1. The standard InChI is InChI=1S/C29H31NO6/c1-22(2)20-35-29(33)36-27(31)26(18-23-12-6-3-7-13-23)30(19-24-14-8-4-9-15-24)28(32)34-21-25-16-10-5-11-17-25/h3-17,22,26H,18-21H2,1-2H3/t26-/m0/s1. The molecule has 0 aromatic heterocycles. The largest absolute Gasteiger partial charge is 0.516 e. The van der Waals surface area contributed by atoms with Crippen LogP contribution in [0.3, 0.4) is 0 Å². The molecule has 188 valence electrons. The third-order valence-corrected chi connectivity index (χ3v) is 5.27. The molecule has 0 saturated heterocycles. The summed E-state index contributed by atoms with van der Waals surface area (Å²) in [5, 5.41) is 0. The fourth-order valence-electron chi connectivity index (χ4n) is 3.46. The van der Waals surface area contributed by atoms with E-state index in [0.29, 0.717) is 0 Å². The average Bonchev–Trinajstić information content (AvgIpc) is 2.90. The number of hydrogen-bond donors (Lipinski definition) is 0. The van der Waals surface area contributed by atoms with Crippen LogP contribution in [-0.4, -0.2) is 35.8 Å². The SMILES string of the molecule is CC(C)COC(=O)OC(=O)[C@H](Cc1ccccc1)N(Cc1ccccc1)C(=O)OCc1ccccc1. The van der Waals surface area contributed by atoms with E-state index in [0.717, 1.165) is 16.7 Å². The van der Waals surface area contributed by atoms with Crippen LogP contribution in [0.1, 0.15) is 30.5 Å². The molecule has 7 nitrogen and oxygen atoms in total. The van der Waals surface area contributed by atoms with Gasteiger partial charge in [0.1, 0.15) is 12.6 Å². The molecule has 0 spiro atoms. The second-order valence-corrected chi connectivity index (χ2v) is 8.74. The number of carbonyl (C=O) groups excluding carboxylic acids is 3. The summed E-state index contributed by atoms with van der Waals surface area (Å²) in [7, 11) is 0. The molecule has 0 unspecified atom stereocenters. The number of hydrogen-bond acceptors (Lipinski definition) is 6. The highest BCUT2D eigenvalue weighted by molar-refractivity contribution is 5.88. The molecule has 1 amide bonds. The first kappa shape index (κ1) is 26.5. The van der Waals surface area contributed by atoms with Crippen molar-refractivity contribution in [1.82, 2.24) is 4.90 Å². The molecule has 3 rings (SSSR count). The Kier molecular flexibility index (Phi) is 10.1. The van der Waals surface area contributed by atoms with E-state index in [1.807, 2.05) is 105 Å². The minimum Gasteiger partial charge on any atom is -0.445 e. The number of benzene rings is 3. The highest BCUT2D eigenvalue weighted by atomic mass is 16.7. The maximum Gasteiger partial charge on any atom is 0.516 e. The number of carbonyl (C=O) groups is 3. The number of ether oxygens (including phenoxy) is 3. The van der Waals surface area contributed by atoms with Gasteiger partial charge in [-0.15, -0.1) is 0 Å². The van der Waals surface area contributed by atoms with Gasteiger partial charge >= 0.3 is 18.2 Å². The molecule has 7 heteroatoms. The Morgan fingerprint density at radius 2 is 1.25 bits per heavy atom. The van der Waals surface area contributed by atoms with Crippen LogP contribution >= 0.6 is 0 Å². The lowest BCUT2D eigenvalue weighted by atomic mass is 10.0. The summed E-state index contributed by atoms with van der Waals surface area (Å²) in [5.74, 6) is -0.810. The zero-order valence-corrected chi connectivity index (χ0v) is 20.5. The molecule has 0 saturated carbocycles. The zero-order valence-electron chi connectivity index (χ0n) is 20.5. The first-order valence-corrected chi connectivity index (χ1v) is 11.9. The van der Waals surface area contributed by atoms with Gasteiger partial charge in [-0.25, -0.2) is 14.4 Å². The van der Waals surface area contributed by atoms with Crippen LogP contribution in [0.25, 0.3) is 0 Å². The number of rotatable bonds is 10. The molecule has 0 aliphatic rings. The quantitative estimate of drug-likeness (QED) is 0.266. The Hall–Kier alpha value is -4.13. The monoisotopic (exact) mass is 489 g/mol. The lowest BCUT2D eigenvalue weighted by Gasteiger charge is -2.29. The number of amides is 1. The molecule has 0 heterocycles. The van der Waals surface area contributed by atoms with Crippen molar-refractivity contribution < 1.29 is 28.6 Å². The van der Waals surface area contributed by atoms with Crippen LogP contribution < -0.4 is 0 Å². The Labute approximate surface area is 211 Å². The molecule has 0 fully saturated rings. The molecular formula is C29H31NO6. The fraction of sp³-hybridized carbons (Fsp3) is 0.276. The van der Waals surface area contributed by atoms with E-state index >= 15 is 0 Å². The van der Waals surface area contributed by atoms with Crippen molar-refractivity contribution in [2.45, 2.75) is 39.5 Å². The summed E-state index contributed by atoms with van der Waals surface area (Å²) in [6, 6.07) is 26.6. The van der Waals surface area contributed by atoms with Crippen LogP contribution in [0.15, 0.2) is 91.0 Å². The van der Waals surface area contributed by atoms with Gasteiger partial charge in [-0.3, -0.25) is 4.90 Å². The van der Waals surface area contributed by atoms with Crippen molar-refractivity contribution in [3.8, 4) is 0 Å². The molecule has 0 radical (unpaired) electrons. The first-order chi connectivity index (χ1) is 17.4. The van der Waals surface area contributed by atoms with Crippen molar-refractivity contribution in [3.63, 3.8) is 0 Å². The second kappa shape index (κ2) is 13.7. The van der Waals surface area contributed by atoms with Crippen molar-refractivity contribution in [2.24, 2.45) is 5.92 Å². The molecule has 1 atom stereocenters. The van der Waals surface area contributed by atoms with Crippen LogP contribution in [0.2, 0.25) is 0 Å². The van der Waals surface area contributed by atoms with E-state index in [-0.39, 0.29) is 32.1 Å². The third kappa shape index (κ3) is 8.58. The maximum absolute atomic E-state index is 13.3. The van der Waals surface area contributed by atoms with Gasteiger partial charge < -0.3 is 14.2 Å². The smallest absolute Gasteiger partial charge is 0.445 e. The zero-order chi connectivity index (χ0) is 25.8. The second-order valence-electron chi connectivity index (χ2n) is 8.74. The molecule has 3 aromatic rings. The van der Waals surface area contributed by atoms with Gasteiger partial charge in [0, 0.05) is 13.0 Å². The van der Waals surface area contributed by atoms with E-state index < -0.39 is 24.3 Å². The van der Waals surface area contributed by atoms with Crippen molar-refractivity contribution in [3.05, 3.63) is 108 Å². The molecule has 0 bridgehead atoms. The topological polar surface area (TPSA) is 82.1 Å². The molecule has 0 aliphatic carbocycles. The van der Waals surface area contributed by atoms with Crippen molar-refractivity contribution in [2.75, 3.05) is 6.61 Å². The summed E-state index contributed by atoms with van der Waals surface area (Å²) >= 11 is 0. The van der Waals surface area contributed by atoms with E-state index in [4.69, 9.17) is 14.2 Å². The highest BCUT2D eigenvalue weighted by Gasteiger charge is 2.34. The highest BCUT2D eigenvalue weighted by Crippen LogP contribution is 2.18. The predicted molar refractivity (Wildman–Crippen MR) is 135 cm³/mol. The summed E-state index contributed by atoms with van der Waals surface area (Å²) in [4.78, 5) is 40.0. The van der Waals surface area contributed by atoms with Gasteiger partial charge in [-0.05, 0) is 22.6 Å². The minimum absolute atomic E-state index is 0.0362. The Bertz CT molecular complexity index is 1100. The van der Waals surface area contributed by atoms with Gasteiger partial charge in [0.25, 0.3) is 0 Å². The lowest BCUT2D eigenvalue weighted by Crippen LogP contribution is -2.47. The number of nitrogens with zero attached hydrogens (tertiary/aromatic N) is 1. The molecular weight excluding hydrogens is 458 g/mol. The summed E-state index contributed by atoms with van der Waals surface area (Å²) in [6.45, 7) is 3.98. The van der Waals surface area contributed by atoms with E-state index in [1.54, 1.807) is 0 Å². The third-order valence-electron chi connectivity index (χ3n) is 5.27. The normalized spacial score (nSPS) is 11.4. The Morgan fingerprint density at radius 1 is 0.722 bits per heavy atom. The molecule has 36 heavy (non-hydrogen) atoms. The van der Waals surface area contributed by atoms with Crippen molar-refractivity contribution in [1.29, 1.82) is 0 Å². The van der Waals surface area contributed by atoms with E-state index in [2.05, 4.69) is 0 Å². The van der Waals surface area contributed by atoms with Gasteiger partial charge in [0.15, 0.2) is 0 Å². The molecule has 0 aliphatic heterocycles. The van der Waals surface area contributed by atoms with Gasteiger partial charge in [0.05, 0.1) is 6.61 Å². The van der Waals surface area contributed by atoms with E-state index in [9.17, 15) is 14.4 Å². The Balaban J connectivity index is 1.86. The van der Waals surface area contributed by atoms with Gasteiger partial charge in [0.2, 0.25) is 0 Å². The van der Waals surface area contributed by atoms with E-state index in [1.165, 1.54) is 4.90 Å². The molecule has 0 N–H and O–H groups in total. The van der Waals surface area contributed by atoms with Crippen molar-refractivity contribution >= 4 is 18.2 Å². The van der Waals surface area contributed by atoms with Crippen LogP contribution in [0, 0.1) is 5.92 Å². The molecule has 3 aromatic carbocycles.